The number of hydrogen-bond acceptors (Lipinski definition) is 3. The number of para-hydroxylation sites is 1. The first-order valence-corrected chi connectivity index (χ1v) is 4.24. The van der Waals surface area contributed by atoms with Crippen LogP contribution in [0, 0.1) is 0 Å². The van der Waals surface area contributed by atoms with Crippen LogP contribution in [-0.2, 0) is 0 Å². The number of alkyl halides is 3. The van der Waals surface area contributed by atoms with Gasteiger partial charge in [0.15, 0.2) is 0 Å². The minimum absolute atomic E-state index is 0. The Morgan fingerprint density at radius 3 is 2.31 bits per heavy atom. The third kappa shape index (κ3) is 4.26. The molecule has 0 heterocycles. The second-order valence-corrected chi connectivity index (χ2v) is 2.93. The average molecular weight is 257 g/mol. The van der Waals surface area contributed by atoms with Crippen LogP contribution in [-0.4, -0.2) is 12.9 Å². The van der Waals surface area contributed by atoms with Crippen molar-refractivity contribution < 1.29 is 17.9 Å². The van der Waals surface area contributed by atoms with Crippen LogP contribution in [0.2, 0.25) is 0 Å². The van der Waals surface area contributed by atoms with Crippen LogP contribution in [0.4, 0.5) is 13.2 Å². The first-order chi connectivity index (χ1) is 6.94. The second-order valence-electron chi connectivity index (χ2n) is 2.93. The van der Waals surface area contributed by atoms with E-state index in [1.54, 1.807) is 6.07 Å². The fourth-order valence-corrected chi connectivity index (χ4v) is 1.13. The predicted molar refractivity (Wildman–Crippen MR) is 56.4 cm³/mol. The van der Waals surface area contributed by atoms with Crippen molar-refractivity contribution in [3.8, 4) is 5.75 Å². The summed E-state index contributed by atoms with van der Waals surface area (Å²) in [6.45, 7) is 0.0538. The summed E-state index contributed by atoms with van der Waals surface area (Å²) in [5.74, 6) is -0.303. The second kappa shape index (κ2) is 5.93. The summed E-state index contributed by atoms with van der Waals surface area (Å²) in [6, 6.07) is 5.02. The highest BCUT2D eigenvalue weighted by Gasteiger charge is 2.32. The first kappa shape index (κ1) is 15.0. The van der Waals surface area contributed by atoms with Crippen LogP contribution in [0.1, 0.15) is 11.6 Å². The lowest BCUT2D eigenvalue weighted by molar-refractivity contribution is -0.275. The van der Waals surface area contributed by atoms with Gasteiger partial charge >= 0.3 is 6.36 Å². The molecule has 0 aliphatic rings. The highest BCUT2D eigenvalue weighted by molar-refractivity contribution is 5.85. The molecule has 0 saturated heterocycles. The topological polar surface area (TPSA) is 61.3 Å². The number of nitrogens with two attached hydrogens (primary N) is 2. The monoisotopic (exact) mass is 256 g/mol. The normalized spacial score (nSPS) is 12.8. The Balaban J connectivity index is 0.00000225. The van der Waals surface area contributed by atoms with Crippen LogP contribution in [0.15, 0.2) is 24.3 Å². The number of halogens is 4. The summed E-state index contributed by atoms with van der Waals surface area (Å²) in [7, 11) is 0. The summed E-state index contributed by atoms with van der Waals surface area (Å²) in [5, 5.41) is 0. The smallest absolute Gasteiger partial charge is 0.405 e. The highest BCUT2D eigenvalue weighted by atomic mass is 35.5. The van der Waals surface area contributed by atoms with Crippen LogP contribution in [0.5, 0.6) is 5.75 Å². The van der Waals surface area contributed by atoms with Gasteiger partial charge in [0.25, 0.3) is 0 Å². The molecule has 7 heteroatoms. The van der Waals surface area contributed by atoms with Crippen molar-refractivity contribution in [2.45, 2.75) is 12.4 Å². The molecule has 0 aliphatic carbocycles. The maximum absolute atomic E-state index is 12.0. The molecule has 16 heavy (non-hydrogen) atoms. The quantitative estimate of drug-likeness (QED) is 0.869. The van der Waals surface area contributed by atoms with Gasteiger partial charge in [-0.15, -0.1) is 25.6 Å². The Morgan fingerprint density at radius 2 is 1.81 bits per heavy atom. The van der Waals surface area contributed by atoms with E-state index < -0.39 is 12.4 Å². The molecule has 1 aromatic rings. The van der Waals surface area contributed by atoms with Crippen molar-refractivity contribution in [3.63, 3.8) is 0 Å². The van der Waals surface area contributed by atoms with Gasteiger partial charge in [0, 0.05) is 18.2 Å². The molecular weight excluding hydrogens is 245 g/mol. The fraction of sp³-hybridized carbons (Fsp3) is 0.333. The van der Waals surface area contributed by atoms with Gasteiger partial charge in [-0.25, -0.2) is 0 Å². The molecule has 1 atom stereocenters. The number of ether oxygens (including phenoxy) is 1. The summed E-state index contributed by atoms with van der Waals surface area (Å²) in [6.07, 6.45) is -4.72. The molecule has 0 fully saturated rings. The van der Waals surface area contributed by atoms with Gasteiger partial charge in [-0.2, -0.15) is 0 Å². The molecule has 4 N–H and O–H groups in total. The van der Waals surface area contributed by atoms with E-state index in [4.69, 9.17) is 11.5 Å². The predicted octanol–water partition coefficient (Wildman–Crippen LogP) is 1.97. The van der Waals surface area contributed by atoms with E-state index in [2.05, 4.69) is 4.74 Å². The molecule has 1 rings (SSSR count). The number of hydrogen-bond donors (Lipinski definition) is 2. The van der Waals surface area contributed by atoms with E-state index in [1.165, 1.54) is 18.2 Å². The molecular formula is C9H12ClF3N2O. The van der Waals surface area contributed by atoms with Crippen molar-refractivity contribution in [3.05, 3.63) is 29.8 Å². The van der Waals surface area contributed by atoms with Crippen LogP contribution < -0.4 is 16.2 Å². The average Bonchev–Trinajstić information content (AvgIpc) is 2.15. The third-order valence-electron chi connectivity index (χ3n) is 1.80. The molecule has 0 radical (unpaired) electrons. The van der Waals surface area contributed by atoms with Crippen molar-refractivity contribution >= 4 is 12.4 Å². The molecule has 0 amide bonds. The van der Waals surface area contributed by atoms with Crippen molar-refractivity contribution in [2.75, 3.05) is 6.54 Å². The summed E-state index contributed by atoms with van der Waals surface area (Å²) in [5.41, 5.74) is 11.1. The fourth-order valence-electron chi connectivity index (χ4n) is 1.13. The largest absolute Gasteiger partial charge is 0.573 e. The molecule has 1 aromatic carbocycles. The number of rotatable bonds is 3. The van der Waals surface area contributed by atoms with Gasteiger partial charge in [0.2, 0.25) is 0 Å². The van der Waals surface area contributed by atoms with Gasteiger partial charge in [-0.1, -0.05) is 18.2 Å². The van der Waals surface area contributed by atoms with E-state index in [0.717, 1.165) is 0 Å². The SMILES string of the molecule is Cl.NC[C@H](N)c1ccccc1OC(F)(F)F. The van der Waals surface area contributed by atoms with Crippen molar-refractivity contribution in [1.29, 1.82) is 0 Å². The Hall–Kier alpha value is -0.980. The van der Waals surface area contributed by atoms with E-state index in [1.807, 2.05) is 0 Å². The summed E-state index contributed by atoms with van der Waals surface area (Å²) >= 11 is 0. The zero-order chi connectivity index (χ0) is 11.5. The highest BCUT2D eigenvalue weighted by Crippen LogP contribution is 2.28. The first-order valence-electron chi connectivity index (χ1n) is 4.24. The Morgan fingerprint density at radius 1 is 1.25 bits per heavy atom. The van der Waals surface area contributed by atoms with Gasteiger partial charge in [-0.3, -0.25) is 0 Å². The van der Waals surface area contributed by atoms with Gasteiger partial charge in [0.05, 0.1) is 0 Å². The molecule has 0 unspecified atom stereocenters. The van der Waals surface area contributed by atoms with Crippen molar-refractivity contribution in [2.24, 2.45) is 11.5 Å². The van der Waals surface area contributed by atoms with Gasteiger partial charge in [-0.05, 0) is 6.07 Å². The summed E-state index contributed by atoms with van der Waals surface area (Å²) < 4.78 is 39.8. The minimum atomic E-state index is -4.72. The summed E-state index contributed by atoms with van der Waals surface area (Å²) in [4.78, 5) is 0. The maximum Gasteiger partial charge on any atom is 0.573 e. The van der Waals surface area contributed by atoms with Gasteiger partial charge < -0.3 is 16.2 Å². The van der Waals surface area contributed by atoms with Crippen LogP contribution in [0.25, 0.3) is 0 Å². The lowest BCUT2D eigenvalue weighted by Crippen LogP contribution is -2.24. The van der Waals surface area contributed by atoms with E-state index in [0.29, 0.717) is 0 Å². The molecule has 0 aliphatic heterocycles. The Labute approximate surface area is 97.0 Å². The molecule has 0 spiro atoms. The minimum Gasteiger partial charge on any atom is -0.405 e. The molecule has 3 nitrogen and oxygen atoms in total. The van der Waals surface area contributed by atoms with Crippen molar-refractivity contribution in [1.82, 2.24) is 0 Å². The third-order valence-corrected chi connectivity index (χ3v) is 1.80. The van der Waals surface area contributed by atoms with Gasteiger partial charge in [0.1, 0.15) is 5.75 Å². The van der Waals surface area contributed by atoms with E-state index in [-0.39, 0.29) is 30.3 Å². The zero-order valence-corrected chi connectivity index (χ0v) is 9.02. The molecule has 0 bridgehead atoms. The van der Waals surface area contributed by atoms with E-state index in [9.17, 15) is 13.2 Å². The van der Waals surface area contributed by atoms with Crippen LogP contribution >= 0.6 is 12.4 Å². The molecule has 92 valence electrons. The standard InChI is InChI=1S/C9H11F3N2O.ClH/c10-9(11,12)15-8-4-2-1-3-6(8)7(14)5-13;/h1-4,7H,5,13-14H2;1H/t7-;/m0./s1. The lowest BCUT2D eigenvalue weighted by Gasteiger charge is -2.16. The van der Waals surface area contributed by atoms with Crippen LogP contribution in [0.3, 0.4) is 0 Å². The zero-order valence-electron chi connectivity index (χ0n) is 8.20. The Bertz CT molecular complexity index is 333. The van der Waals surface area contributed by atoms with E-state index >= 15 is 0 Å². The maximum atomic E-state index is 12.0. The lowest BCUT2D eigenvalue weighted by atomic mass is 10.1. The molecule has 0 aromatic heterocycles. The number of benzene rings is 1. The molecule has 0 saturated carbocycles. The Kier molecular flexibility index (Phi) is 5.57.